The highest BCUT2D eigenvalue weighted by Crippen LogP contribution is 2.25. The zero-order valence-electron chi connectivity index (χ0n) is 11.3. The summed E-state index contributed by atoms with van der Waals surface area (Å²) >= 11 is 0. The third-order valence-electron chi connectivity index (χ3n) is 3.46. The Labute approximate surface area is 121 Å². The largest absolute Gasteiger partial charge is 0.427 e. The summed E-state index contributed by atoms with van der Waals surface area (Å²) in [6.45, 7) is 1.49. The van der Waals surface area contributed by atoms with Crippen molar-refractivity contribution >= 4 is 23.4 Å². The van der Waals surface area contributed by atoms with Crippen molar-refractivity contribution in [3.05, 3.63) is 24.3 Å². The van der Waals surface area contributed by atoms with Crippen molar-refractivity contribution in [3.63, 3.8) is 0 Å². The molecular weight excluding hydrogens is 276 g/mol. The van der Waals surface area contributed by atoms with Crippen molar-refractivity contribution in [2.24, 2.45) is 5.84 Å². The van der Waals surface area contributed by atoms with Crippen molar-refractivity contribution in [2.45, 2.75) is 6.23 Å². The number of nitrogens with zero attached hydrogens (tertiary/aromatic N) is 2. The van der Waals surface area contributed by atoms with Gasteiger partial charge in [-0.25, -0.2) is 10.2 Å². The fourth-order valence-corrected chi connectivity index (χ4v) is 2.36. The van der Waals surface area contributed by atoms with Crippen molar-refractivity contribution in [2.75, 3.05) is 36.1 Å². The van der Waals surface area contributed by atoms with E-state index in [1.54, 1.807) is 29.2 Å². The summed E-state index contributed by atoms with van der Waals surface area (Å²) in [4.78, 5) is 26.6. The highest BCUT2D eigenvalue weighted by molar-refractivity contribution is 5.95. The van der Waals surface area contributed by atoms with Gasteiger partial charge in [0, 0.05) is 17.9 Å². The molecule has 1 aromatic rings. The Bertz CT molecular complexity index is 548. The molecule has 0 aromatic heterocycles. The van der Waals surface area contributed by atoms with Crippen molar-refractivity contribution in [1.29, 1.82) is 0 Å². The second-order valence-electron chi connectivity index (χ2n) is 4.76. The van der Waals surface area contributed by atoms with Gasteiger partial charge in [-0.2, -0.15) is 0 Å². The van der Waals surface area contributed by atoms with Gasteiger partial charge < -0.3 is 14.4 Å². The third-order valence-corrected chi connectivity index (χ3v) is 3.46. The Hall–Kier alpha value is -2.16. The van der Waals surface area contributed by atoms with Crippen LogP contribution < -0.4 is 21.1 Å². The molecule has 0 spiro atoms. The van der Waals surface area contributed by atoms with E-state index < -0.39 is 12.3 Å². The first kappa shape index (κ1) is 13.8. The predicted molar refractivity (Wildman–Crippen MR) is 74.6 cm³/mol. The summed E-state index contributed by atoms with van der Waals surface area (Å²) in [7, 11) is 0. The first-order chi connectivity index (χ1) is 10.2. The highest BCUT2D eigenvalue weighted by atomic mass is 16.6. The molecule has 2 aliphatic heterocycles. The molecule has 0 radical (unpaired) electrons. The van der Waals surface area contributed by atoms with Gasteiger partial charge in [0.25, 0.3) is 5.91 Å². The normalized spacial score (nSPS) is 22.6. The average molecular weight is 292 g/mol. The van der Waals surface area contributed by atoms with E-state index in [2.05, 4.69) is 5.43 Å². The molecule has 8 nitrogen and oxygen atoms in total. The van der Waals surface area contributed by atoms with E-state index in [0.717, 1.165) is 5.69 Å². The van der Waals surface area contributed by atoms with Gasteiger partial charge >= 0.3 is 6.09 Å². The minimum absolute atomic E-state index is 0.0676. The summed E-state index contributed by atoms with van der Waals surface area (Å²) in [5.74, 6) is 5.20. The molecule has 3 rings (SSSR count). The molecule has 0 saturated carbocycles. The molecule has 2 aliphatic rings. The lowest BCUT2D eigenvalue weighted by atomic mass is 10.2. The second kappa shape index (κ2) is 5.68. The number of morpholine rings is 1. The number of rotatable bonds is 3. The topological polar surface area (TPSA) is 97.1 Å². The number of nitrogens with one attached hydrogen (secondary N) is 1. The minimum atomic E-state index is -0.516. The van der Waals surface area contributed by atoms with Crippen LogP contribution in [0.15, 0.2) is 24.3 Å². The van der Waals surface area contributed by atoms with E-state index in [4.69, 9.17) is 15.3 Å². The Kier molecular flexibility index (Phi) is 3.74. The van der Waals surface area contributed by atoms with Crippen LogP contribution in [-0.4, -0.2) is 44.5 Å². The Morgan fingerprint density at radius 1 is 1.14 bits per heavy atom. The van der Waals surface area contributed by atoms with Gasteiger partial charge in [0.15, 0.2) is 6.23 Å². The molecular formula is C13H16N4O4. The number of carbonyl (C=O) groups is 2. The van der Waals surface area contributed by atoms with Crippen LogP contribution in [0.1, 0.15) is 0 Å². The van der Waals surface area contributed by atoms with Crippen LogP contribution in [0.3, 0.4) is 0 Å². The molecule has 2 amide bonds. The maximum absolute atomic E-state index is 11.8. The number of benzene rings is 1. The minimum Gasteiger partial charge on any atom is -0.427 e. The predicted octanol–water partition coefficient (Wildman–Crippen LogP) is -0.204. The van der Waals surface area contributed by atoms with E-state index >= 15 is 0 Å². The van der Waals surface area contributed by atoms with E-state index in [-0.39, 0.29) is 12.5 Å². The molecule has 0 aliphatic carbocycles. The van der Waals surface area contributed by atoms with Gasteiger partial charge in [-0.15, -0.1) is 0 Å². The highest BCUT2D eigenvalue weighted by Gasteiger charge is 2.31. The molecule has 1 aromatic carbocycles. The van der Waals surface area contributed by atoms with Gasteiger partial charge in [-0.1, -0.05) is 0 Å². The van der Waals surface area contributed by atoms with E-state index in [9.17, 15) is 9.59 Å². The number of hydrogen-bond donors (Lipinski definition) is 2. The summed E-state index contributed by atoms with van der Waals surface area (Å²) in [6, 6.07) is 7.15. The zero-order valence-corrected chi connectivity index (χ0v) is 11.3. The van der Waals surface area contributed by atoms with Gasteiger partial charge in [0.1, 0.15) is 6.61 Å². The standard InChI is InChI=1S/C13H16N4O4/c14-15-11-7-17(13(19)21-11)10-3-1-9(2-4-10)16-5-6-20-8-12(16)18/h1-4,11,15H,5-8,14H2. The quantitative estimate of drug-likeness (QED) is 0.591. The fourth-order valence-electron chi connectivity index (χ4n) is 2.36. The molecule has 1 atom stereocenters. The Balaban J connectivity index is 1.75. The molecule has 2 saturated heterocycles. The van der Waals surface area contributed by atoms with Crippen LogP contribution in [-0.2, 0) is 14.3 Å². The van der Waals surface area contributed by atoms with Crippen molar-refractivity contribution in [3.8, 4) is 0 Å². The van der Waals surface area contributed by atoms with Gasteiger partial charge in [-0.3, -0.25) is 15.5 Å². The molecule has 2 heterocycles. The monoisotopic (exact) mass is 292 g/mol. The number of nitrogens with two attached hydrogens (primary N) is 1. The van der Waals surface area contributed by atoms with E-state index in [1.165, 1.54) is 4.90 Å². The number of hydrogen-bond acceptors (Lipinski definition) is 6. The number of amides is 2. The maximum Gasteiger partial charge on any atom is 0.416 e. The van der Waals surface area contributed by atoms with Crippen LogP contribution in [0, 0.1) is 0 Å². The fraction of sp³-hybridized carbons (Fsp3) is 0.385. The first-order valence-corrected chi connectivity index (χ1v) is 6.61. The van der Waals surface area contributed by atoms with Crippen LogP contribution >= 0.6 is 0 Å². The van der Waals surface area contributed by atoms with E-state index in [0.29, 0.717) is 25.4 Å². The molecule has 112 valence electrons. The summed E-state index contributed by atoms with van der Waals surface area (Å²) in [5, 5.41) is 0. The summed E-state index contributed by atoms with van der Waals surface area (Å²) in [5.41, 5.74) is 3.89. The number of ether oxygens (including phenoxy) is 2. The van der Waals surface area contributed by atoms with Gasteiger partial charge in [-0.05, 0) is 24.3 Å². The lowest BCUT2D eigenvalue weighted by molar-refractivity contribution is -0.125. The Morgan fingerprint density at radius 2 is 1.81 bits per heavy atom. The zero-order chi connectivity index (χ0) is 14.8. The smallest absolute Gasteiger partial charge is 0.416 e. The SMILES string of the molecule is NNC1CN(c2ccc(N3CCOCC3=O)cc2)C(=O)O1. The maximum atomic E-state index is 11.8. The van der Waals surface area contributed by atoms with Crippen molar-refractivity contribution in [1.82, 2.24) is 5.43 Å². The first-order valence-electron chi connectivity index (χ1n) is 6.61. The van der Waals surface area contributed by atoms with Crippen LogP contribution in [0.4, 0.5) is 16.2 Å². The lowest BCUT2D eigenvalue weighted by Crippen LogP contribution is -2.41. The van der Waals surface area contributed by atoms with Crippen LogP contribution in [0.5, 0.6) is 0 Å². The van der Waals surface area contributed by atoms with Crippen LogP contribution in [0.25, 0.3) is 0 Å². The summed E-state index contributed by atoms with van der Waals surface area (Å²) in [6.07, 6.45) is -0.967. The molecule has 1 unspecified atom stereocenters. The molecule has 21 heavy (non-hydrogen) atoms. The number of cyclic esters (lactones) is 1. The molecule has 8 heteroatoms. The number of hydrazine groups is 1. The molecule has 0 bridgehead atoms. The summed E-state index contributed by atoms with van der Waals surface area (Å²) < 4.78 is 10.1. The number of anilines is 2. The Morgan fingerprint density at radius 3 is 2.38 bits per heavy atom. The van der Waals surface area contributed by atoms with Gasteiger partial charge in [0.05, 0.1) is 13.2 Å². The lowest BCUT2D eigenvalue weighted by Gasteiger charge is -2.27. The van der Waals surface area contributed by atoms with Gasteiger partial charge in [0.2, 0.25) is 0 Å². The van der Waals surface area contributed by atoms with E-state index in [1.807, 2.05) is 0 Å². The van der Waals surface area contributed by atoms with Crippen LogP contribution in [0.2, 0.25) is 0 Å². The van der Waals surface area contributed by atoms with Crippen molar-refractivity contribution < 1.29 is 19.1 Å². The molecule has 2 fully saturated rings. The second-order valence-corrected chi connectivity index (χ2v) is 4.76. The third kappa shape index (κ3) is 2.68. The number of carbonyl (C=O) groups excluding carboxylic acids is 2. The average Bonchev–Trinajstić information content (AvgIpc) is 2.89. The molecule has 3 N–H and O–H groups in total.